The van der Waals surface area contributed by atoms with Crippen LogP contribution in [0.15, 0.2) is 85.1 Å². The van der Waals surface area contributed by atoms with Crippen LogP contribution in [-0.2, 0) is 32.7 Å². The van der Waals surface area contributed by atoms with Crippen LogP contribution in [0.5, 0.6) is 0 Å². The molecule has 9 nitrogen and oxygen atoms in total. The molecular formula is C43H72NO8P. The van der Waals surface area contributed by atoms with Gasteiger partial charge in [-0.1, -0.05) is 125 Å². The van der Waals surface area contributed by atoms with Crippen molar-refractivity contribution < 1.29 is 37.6 Å². The van der Waals surface area contributed by atoms with E-state index in [0.717, 1.165) is 77.0 Å². The van der Waals surface area contributed by atoms with Crippen molar-refractivity contribution in [2.45, 2.75) is 148 Å². The number of unbranched alkanes of at least 4 members (excludes halogenated alkanes) is 9. The minimum absolute atomic E-state index is 0.0389. The maximum atomic E-state index is 12.5. The summed E-state index contributed by atoms with van der Waals surface area (Å²) in [6, 6.07) is 0. The first-order valence-electron chi connectivity index (χ1n) is 20.1. The molecule has 0 aliphatic carbocycles. The number of nitrogens with two attached hydrogens (primary N) is 1. The summed E-state index contributed by atoms with van der Waals surface area (Å²) >= 11 is 0. The van der Waals surface area contributed by atoms with Crippen LogP contribution in [-0.4, -0.2) is 49.3 Å². The van der Waals surface area contributed by atoms with Crippen LogP contribution in [0.3, 0.4) is 0 Å². The van der Waals surface area contributed by atoms with E-state index in [1.165, 1.54) is 25.7 Å². The second kappa shape index (κ2) is 38.9. The highest BCUT2D eigenvalue weighted by Gasteiger charge is 2.25. The smallest absolute Gasteiger partial charge is 0.462 e. The quantitative estimate of drug-likeness (QED) is 0.0277. The average molecular weight is 762 g/mol. The number of phosphoric ester groups is 1. The Labute approximate surface area is 322 Å². The third-order valence-electron chi connectivity index (χ3n) is 7.77. The standard InChI is InChI=1S/C43H72NO8P/c1-3-5-7-9-11-13-15-17-19-20-22-24-26-28-30-32-34-36-43(46)52-41(40-51-53(47,48)50-38-37-44)39-49-42(45)35-33-31-29-27-25-23-21-18-16-14-12-10-8-6-4-2/h6,8,11-14,17-19,21-22,24-25,27,41H,3-5,7,9-10,15-16,20,23,26,28-40,44H2,1-2H3,(H,47,48)/b8-6-,13-11-,14-12-,19-17-,21-18-,24-22-,27-25-/t41-/m1/s1. The van der Waals surface area contributed by atoms with E-state index in [0.29, 0.717) is 12.8 Å². The van der Waals surface area contributed by atoms with Gasteiger partial charge in [0.15, 0.2) is 6.10 Å². The number of carbonyl (C=O) groups is 2. The molecule has 2 atom stereocenters. The lowest BCUT2D eigenvalue weighted by molar-refractivity contribution is -0.161. The summed E-state index contributed by atoms with van der Waals surface area (Å²) in [7, 11) is -4.40. The molecule has 3 N–H and O–H groups in total. The summed E-state index contributed by atoms with van der Waals surface area (Å²) in [6.07, 6.45) is 47.6. The van der Waals surface area contributed by atoms with Crippen molar-refractivity contribution in [1.29, 1.82) is 0 Å². The van der Waals surface area contributed by atoms with Crippen molar-refractivity contribution in [2.24, 2.45) is 5.73 Å². The monoisotopic (exact) mass is 761 g/mol. The van der Waals surface area contributed by atoms with Crippen LogP contribution >= 0.6 is 7.82 Å². The average Bonchev–Trinajstić information content (AvgIpc) is 3.14. The first-order chi connectivity index (χ1) is 25.8. The van der Waals surface area contributed by atoms with Crippen molar-refractivity contribution in [3.63, 3.8) is 0 Å². The molecule has 0 spiro atoms. The van der Waals surface area contributed by atoms with Crippen molar-refractivity contribution in [1.82, 2.24) is 0 Å². The highest BCUT2D eigenvalue weighted by atomic mass is 31.2. The molecule has 0 aromatic carbocycles. The molecule has 10 heteroatoms. The minimum Gasteiger partial charge on any atom is -0.462 e. The normalized spacial score (nSPS) is 14.3. The fourth-order valence-electron chi connectivity index (χ4n) is 4.81. The molecule has 0 aromatic rings. The third-order valence-corrected chi connectivity index (χ3v) is 8.75. The molecule has 1 unspecified atom stereocenters. The number of rotatable bonds is 36. The number of carbonyl (C=O) groups excluding carboxylic acids is 2. The molecule has 0 bridgehead atoms. The molecule has 0 aliphatic rings. The van der Waals surface area contributed by atoms with Crippen LogP contribution in [0.4, 0.5) is 0 Å². The van der Waals surface area contributed by atoms with Crippen molar-refractivity contribution in [2.75, 3.05) is 26.4 Å². The Morgan fingerprint density at radius 3 is 1.57 bits per heavy atom. The van der Waals surface area contributed by atoms with Crippen molar-refractivity contribution in [3.8, 4) is 0 Å². The molecule has 0 saturated heterocycles. The lowest BCUT2D eigenvalue weighted by Crippen LogP contribution is -2.29. The van der Waals surface area contributed by atoms with Gasteiger partial charge in [-0.15, -0.1) is 0 Å². The Kier molecular flexibility index (Phi) is 36.8. The van der Waals surface area contributed by atoms with Gasteiger partial charge in [0.05, 0.1) is 13.2 Å². The molecule has 0 rings (SSSR count). The molecule has 0 fully saturated rings. The summed E-state index contributed by atoms with van der Waals surface area (Å²) in [5, 5.41) is 0. The molecule has 0 saturated carbocycles. The molecule has 0 heterocycles. The van der Waals surface area contributed by atoms with Crippen molar-refractivity contribution in [3.05, 3.63) is 85.1 Å². The van der Waals surface area contributed by atoms with Gasteiger partial charge in [0.1, 0.15) is 6.61 Å². The zero-order valence-electron chi connectivity index (χ0n) is 33.0. The summed E-state index contributed by atoms with van der Waals surface area (Å²) < 4.78 is 32.6. The maximum absolute atomic E-state index is 12.5. The van der Waals surface area contributed by atoms with E-state index >= 15 is 0 Å². The van der Waals surface area contributed by atoms with E-state index in [1.54, 1.807) is 0 Å². The summed E-state index contributed by atoms with van der Waals surface area (Å²) in [6.45, 7) is 3.48. The zero-order valence-corrected chi connectivity index (χ0v) is 33.9. The lowest BCUT2D eigenvalue weighted by Gasteiger charge is -2.19. The highest BCUT2D eigenvalue weighted by molar-refractivity contribution is 7.47. The van der Waals surface area contributed by atoms with E-state index in [2.05, 4.69) is 98.9 Å². The zero-order chi connectivity index (χ0) is 38.9. The molecular weight excluding hydrogens is 689 g/mol. The largest absolute Gasteiger partial charge is 0.472 e. The van der Waals surface area contributed by atoms with Crippen LogP contribution in [0, 0.1) is 0 Å². The molecule has 0 aromatic heterocycles. The molecule has 0 amide bonds. The fraction of sp³-hybridized carbons (Fsp3) is 0.628. The van der Waals surface area contributed by atoms with Crippen LogP contribution in [0.1, 0.15) is 142 Å². The molecule has 53 heavy (non-hydrogen) atoms. The second-order valence-corrected chi connectivity index (χ2v) is 14.2. The number of hydrogen-bond acceptors (Lipinski definition) is 8. The van der Waals surface area contributed by atoms with E-state index in [1.807, 2.05) is 0 Å². The van der Waals surface area contributed by atoms with Gasteiger partial charge in [-0.2, -0.15) is 0 Å². The van der Waals surface area contributed by atoms with Crippen LogP contribution in [0.2, 0.25) is 0 Å². The van der Waals surface area contributed by atoms with Crippen LogP contribution < -0.4 is 5.73 Å². The number of esters is 2. The maximum Gasteiger partial charge on any atom is 0.472 e. The van der Waals surface area contributed by atoms with Gasteiger partial charge < -0.3 is 20.1 Å². The molecule has 302 valence electrons. The fourth-order valence-corrected chi connectivity index (χ4v) is 5.57. The topological polar surface area (TPSA) is 134 Å². The Morgan fingerprint density at radius 1 is 0.585 bits per heavy atom. The number of phosphoric acid groups is 1. The summed E-state index contributed by atoms with van der Waals surface area (Å²) in [4.78, 5) is 34.8. The number of ether oxygens (including phenoxy) is 2. The van der Waals surface area contributed by atoms with E-state index in [4.69, 9.17) is 24.3 Å². The minimum atomic E-state index is -4.40. The molecule has 0 radical (unpaired) electrons. The second-order valence-electron chi connectivity index (χ2n) is 12.8. The van der Waals surface area contributed by atoms with Gasteiger partial charge in [-0.05, 0) is 89.9 Å². The summed E-state index contributed by atoms with van der Waals surface area (Å²) in [5.41, 5.74) is 5.33. The van der Waals surface area contributed by atoms with E-state index in [-0.39, 0.29) is 32.6 Å². The van der Waals surface area contributed by atoms with Crippen LogP contribution in [0.25, 0.3) is 0 Å². The predicted octanol–water partition coefficient (Wildman–Crippen LogP) is 11.3. The Balaban J connectivity index is 4.34. The van der Waals surface area contributed by atoms with Gasteiger partial charge in [0.2, 0.25) is 0 Å². The van der Waals surface area contributed by atoms with Crippen molar-refractivity contribution >= 4 is 19.8 Å². The summed E-state index contributed by atoms with van der Waals surface area (Å²) in [5.74, 6) is -0.913. The Hall–Kier alpha value is -2.81. The predicted molar refractivity (Wildman–Crippen MR) is 219 cm³/mol. The first kappa shape index (κ1) is 50.2. The van der Waals surface area contributed by atoms with Gasteiger partial charge in [-0.25, -0.2) is 4.57 Å². The SMILES string of the molecule is CC/C=C\C/C=C\C/C=C\C/C=C\CCCCC(=O)OC[C@H](COP(=O)(O)OCCN)OC(=O)CCCCCC/C=C\C/C=C\C/C=C\CCCCC. The number of hydrogen-bond donors (Lipinski definition) is 2. The first-order valence-corrected chi connectivity index (χ1v) is 21.6. The Bertz CT molecular complexity index is 1140. The van der Waals surface area contributed by atoms with Gasteiger partial charge >= 0.3 is 19.8 Å². The molecule has 0 aliphatic heterocycles. The van der Waals surface area contributed by atoms with Gasteiger partial charge in [0, 0.05) is 19.4 Å². The van der Waals surface area contributed by atoms with Gasteiger partial charge in [0.25, 0.3) is 0 Å². The third kappa shape index (κ3) is 38.7. The highest BCUT2D eigenvalue weighted by Crippen LogP contribution is 2.43. The van der Waals surface area contributed by atoms with E-state index < -0.39 is 32.5 Å². The number of allylic oxidation sites excluding steroid dienone is 14. The van der Waals surface area contributed by atoms with Gasteiger partial charge in [-0.3, -0.25) is 18.6 Å². The van der Waals surface area contributed by atoms with E-state index in [9.17, 15) is 19.0 Å². The Morgan fingerprint density at radius 2 is 1.04 bits per heavy atom. The lowest BCUT2D eigenvalue weighted by atomic mass is 10.1.